The molecule has 0 amide bonds. The van der Waals surface area contributed by atoms with Crippen LogP contribution in [0.1, 0.15) is 39.6 Å². The highest BCUT2D eigenvalue weighted by molar-refractivity contribution is 9.08. The lowest BCUT2D eigenvalue weighted by Crippen LogP contribution is -2.32. The van der Waals surface area contributed by atoms with Crippen LogP contribution >= 0.6 is 31.9 Å². The lowest BCUT2D eigenvalue weighted by molar-refractivity contribution is 0.665. The molecule has 2 N–H and O–H groups in total. The van der Waals surface area contributed by atoms with Gasteiger partial charge in [-0.1, -0.05) is 86.5 Å². The fourth-order valence-corrected chi connectivity index (χ4v) is 6.31. The van der Waals surface area contributed by atoms with E-state index < -0.39 is 0 Å². The van der Waals surface area contributed by atoms with Crippen LogP contribution in [-0.4, -0.2) is 22.4 Å². The van der Waals surface area contributed by atoms with Gasteiger partial charge in [0.2, 0.25) is 0 Å². The number of hydrogen-bond acceptors (Lipinski definition) is 3. The smallest absolute Gasteiger partial charge is 0.0736 e. The maximum Gasteiger partial charge on any atom is 0.0736 e. The first-order chi connectivity index (χ1) is 19.7. The zero-order chi connectivity index (χ0) is 27.1. The summed E-state index contributed by atoms with van der Waals surface area (Å²) in [5, 5.41) is 5.41. The quantitative estimate of drug-likeness (QED) is 0.276. The minimum atomic E-state index is 0.0754. The van der Waals surface area contributed by atoms with Gasteiger partial charge in [-0.25, -0.2) is 4.99 Å². The van der Waals surface area contributed by atoms with Gasteiger partial charge in [0.1, 0.15) is 0 Å². The van der Waals surface area contributed by atoms with Crippen LogP contribution in [0, 0.1) is 0 Å². The highest BCUT2D eigenvalue weighted by Gasteiger charge is 2.30. The minimum Gasteiger partial charge on any atom is -0.378 e. The number of alkyl halides is 2. The third-order valence-electron chi connectivity index (χ3n) is 7.57. The van der Waals surface area contributed by atoms with E-state index in [1.807, 2.05) is 0 Å². The van der Waals surface area contributed by atoms with Gasteiger partial charge in [-0.3, -0.25) is 4.99 Å². The van der Waals surface area contributed by atoms with Crippen molar-refractivity contribution in [1.29, 1.82) is 0 Å². The van der Waals surface area contributed by atoms with Crippen molar-refractivity contribution in [2.24, 2.45) is 9.98 Å². The monoisotopic (exact) mass is 648 g/mol. The van der Waals surface area contributed by atoms with Crippen LogP contribution in [0.15, 0.2) is 130 Å². The Bertz CT molecular complexity index is 1720. The molecule has 2 atom stereocenters. The second kappa shape index (κ2) is 10.7. The molecule has 196 valence electrons. The summed E-state index contributed by atoms with van der Waals surface area (Å²) in [4.78, 5) is 13.8. The molecule has 4 nitrogen and oxygen atoms in total. The van der Waals surface area contributed by atoms with E-state index in [1.54, 1.807) is 0 Å². The molecule has 0 aliphatic carbocycles. The Labute approximate surface area is 250 Å². The number of H-pyrrole nitrogens is 1. The maximum atomic E-state index is 5.10. The van der Waals surface area contributed by atoms with Gasteiger partial charge in [0, 0.05) is 33.3 Å². The molecule has 0 saturated carbocycles. The second-order valence-electron chi connectivity index (χ2n) is 10.2. The average molecular weight is 650 g/mol. The van der Waals surface area contributed by atoms with Gasteiger partial charge in [-0.15, -0.1) is 0 Å². The highest BCUT2D eigenvalue weighted by atomic mass is 79.9. The predicted octanol–water partition coefficient (Wildman–Crippen LogP) is 8.14. The van der Waals surface area contributed by atoms with Crippen LogP contribution in [0.4, 0.5) is 0 Å². The number of allylic oxidation sites excluding steroid dienone is 6. The van der Waals surface area contributed by atoms with Gasteiger partial charge in [-0.05, 0) is 76.9 Å². The number of aromatic amines is 1. The first-order valence-electron chi connectivity index (χ1n) is 13.3. The van der Waals surface area contributed by atoms with Crippen molar-refractivity contribution in [2.75, 3.05) is 0 Å². The van der Waals surface area contributed by atoms with Crippen molar-refractivity contribution < 1.29 is 0 Å². The largest absolute Gasteiger partial charge is 0.378 e. The number of nitrogens with one attached hydrogen (secondary N) is 2. The molecule has 5 heterocycles. The van der Waals surface area contributed by atoms with Gasteiger partial charge >= 0.3 is 0 Å². The Morgan fingerprint density at radius 2 is 1.50 bits per heavy atom. The van der Waals surface area contributed by atoms with Crippen LogP contribution in [-0.2, 0) is 10.7 Å². The zero-order valence-corrected chi connectivity index (χ0v) is 24.8. The molecule has 4 aliphatic heterocycles. The maximum absolute atomic E-state index is 5.10. The highest BCUT2D eigenvalue weighted by Crippen LogP contribution is 2.34. The fourth-order valence-electron chi connectivity index (χ4n) is 5.56. The Morgan fingerprint density at radius 3 is 2.27 bits per heavy atom. The summed E-state index contributed by atoms with van der Waals surface area (Å²) in [5.74, 6) is 0.0754. The molecular formula is C34H26Br2N4. The topological polar surface area (TPSA) is 52.5 Å². The summed E-state index contributed by atoms with van der Waals surface area (Å²) in [6.45, 7) is 0. The minimum absolute atomic E-state index is 0.0754. The molecule has 0 radical (unpaired) electrons. The Hall–Kier alpha value is -3.74. The molecule has 0 spiro atoms. The summed E-state index contributed by atoms with van der Waals surface area (Å²) in [6, 6.07) is 21.8. The first kappa shape index (κ1) is 25.2. The molecule has 3 aromatic rings. The Morgan fingerprint density at radius 1 is 0.725 bits per heavy atom. The van der Waals surface area contributed by atoms with E-state index in [0.29, 0.717) is 0 Å². The van der Waals surface area contributed by atoms with E-state index >= 15 is 0 Å². The molecule has 0 saturated heterocycles. The third-order valence-corrected chi connectivity index (χ3v) is 8.86. The first-order valence-corrected chi connectivity index (χ1v) is 15.6. The molecule has 8 bridgehead atoms. The molecule has 1 aromatic heterocycles. The van der Waals surface area contributed by atoms with E-state index in [2.05, 4.69) is 151 Å². The third kappa shape index (κ3) is 4.87. The number of hydrogen-bond donors (Lipinski definition) is 2. The normalized spacial score (nSPS) is 25.2. The molecule has 7 rings (SSSR count). The van der Waals surface area contributed by atoms with E-state index in [0.717, 1.165) is 61.7 Å². The van der Waals surface area contributed by atoms with E-state index in [9.17, 15) is 0 Å². The van der Waals surface area contributed by atoms with Crippen LogP contribution in [0.5, 0.6) is 0 Å². The standard InChI is InChI=1S/C34H26Br2N4/c35-19-21-1-5-23(6-2-21)33-29-13-9-25(37-29)17-27-11-15-31(39-27)34(24-7-3-22(20-36)4-8-24)32-16-12-28(40-32)18-26-10-14-30(33)38-26/h1-18,29,33,37,40H,19-20H2/b25-17-,26-18-,34-31-. The summed E-state index contributed by atoms with van der Waals surface area (Å²) >= 11 is 7.13. The van der Waals surface area contributed by atoms with Crippen molar-refractivity contribution in [3.8, 4) is 0 Å². The summed E-state index contributed by atoms with van der Waals surface area (Å²) < 4.78 is 0. The number of nitrogens with zero attached hydrogens (tertiary/aromatic N) is 2. The number of halogens is 2. The summed E-state index contributed by atoms with van der Waals surface area (Å²) in [5.41, 5.74) is 12.9. The van der Waals surface area contributed by atoms with Crippen molar-refractivity contribution in [1.82, 2.24) is 10.3 Å². The van der Waals surface area contributed by atoms with Crippen molar-refractivity contribution in [3.05, 3.63) is 154 Å². The van der Waals surface area contributed by atoms with E-state index in [1.165, 1.54) is 16.7 Å². The van der Waals surface area contributed by atoms with Crippen LogP contribution in [0.25, 0.3) is 11.6 Å². The van der Waals surface area contributed by atoms with Crippen molar-refractivity contribution in [3.63, 3.8) is 0 Å². The SMILES string of the molecule is BrCc1ccc(/C2=C3\C=CC(=N3)/C=C3/C=CC(N3)C(c3ccc(CBr)cc3)C3=N/C(=C\c4ccc2[nH]4)C=C3)cc1. The number of fused-ring (bicyclic) bond motifs is 6. The lowest BCUT2D eigenvalue weighted by Gasteiger charge is -2.24. The molecule has 2 unspecified atom stereocenters. The van der Waals surface area contributed by atoms with Crippen molar-refractivity contribution in [2.45, 2.75) is 22.6 Å². The van der Waals surface area contributed by atoms with Gasteiger partial charge in [0.05, 0.1) is 34.8 Å². The molecule has 40 heavy (non-hydrogen) atoms. The number of aromatic nitrogens is 1. The van der Waals surface area contributed by atoms with Gasteiger partial charge in [0.25, 0.3) is 0 Å². The number of benzene rings is 2. The van der Waals surface area contributed by atoms with Gasteiger partial charge in [-0.2, -0.15) is 0 Å². The van der Waals surface area contributed by atoms with Crippen LogP contribution in [0.2, 0.25) is 0 Å². The van der Waals surface area contributed by atoms with Crippen LogP contribution < -0.4 is 5.32 Å². The molecular weight excluding hydrogens is 624 g/mol. The molecule has 2 aromatic carbocycles. The Kier molecular flexibility index (Phi) is 6.74. The fraction of sp³-hybridized carbons (Fsp3) is 0.118. The second-order valence-corrected chi connectivity index (χ2v) is 11.3. The number of rotatable bonds is 4. The Balaban J connectivity index is 1.35. The molecule has 4 aliphatic rings. The molecule has 0 fully saturated rings. The van der Waals surface area contributed by atoms with E-state index in [4.69, 9.17) is 9.98 Å². The average Bonchev–Trinajstić information content (AvgIpc) is 3.80. The molecule has 6 heteroatoms. The zero-order valence-electron chi connectivity index (χ0n) is 21.6. The van der Waals surface area contributed by atoms with E-state index in [-0.39, 0.29) is 12.0 Å². The number of aliphatic imine (C=N–C) groups is 2. The van der Waals surface area contributed by atoms with Gasteiger partial charge < -0.3 is 10.3 Å². The predicted molar refractivity (Wildman–Crippen MR) is 173 cm³/mol. The lowest BCUT2D eigenvalue weighted by atomic mass is 9.87. The van der Waals surface area contributed by atoms with Crippen LogP contribution in [0.3, 0.4) is 0 Å². The van der Waals surface area contributed by atoms with Crippen molar-refractivity contribution >= 4 is 54.9 Å². The van der Waals surface area contributed by atoms with Gasteiger partial charge in [0.15, 0.2) is 0 Å². The summed E-state index contributed by atoms with van der Waals surface area (Å²) in [7, 11) is 0. The summed E-state index contributed by atoms with van der Waals surface area (Å²) in [6.07, 6.45) is 17.1.